The van der Waals surface area contributed by atoms with Gasteiger partial charge in [0.2, 0.25) is 0 Å². The number of rotatable bonds is 1. The maximum absolute atomic E-state index is 2.44. The molecule has 1 heteroatoms. The van der Waals surface area contributed by atoms with Crippen LogP contribution in [0.1, 0.15) is 0 Å². The molecule has 8 aromatic rings. The number of para-hydroxylation sites is 2. The quantitative estimate of drug-likeness (QED) is 0.223. The normalized spacial score (nSPS) is 12.0. The van der Waals surface area contributed by atoms with Gasteiger partial charge in [0.15, 0.2) is 0 Å². The van der Waals surface area contributed by atoms with Crippen LogP contribution in [0.4, 0.5) is 0 Å². The molecule has 0 spiro atoms. The SMILES string of the molecule is c1ccc(-n2c3ccccc3c3cc4c(cc32)c2ccccc2c2ccc3ccccc3c24)cc1. The van der Waals surface area contributed by atoms with Crippen LogP contribution in [-0.2, 0) is 0 Å². The lowest BCUT2D eigenvalue weighted by molar-refractivity contribution is 1.18. The Labute approximate surface area is 202 Å². The van der Waals surface area contributed by atoms with Gasteiger partial charge >= 0.3 is 0 Å². The molecule has 35 heavy (non-hydrogen) atoms. The first-order valence-electron chi connectivity index (χ1n) is 12.1. The minimum Gasteiger partial charge on any atom is -0.309 e. The number of nitrogens with zero attached hydrogens (tertiary/aromatic N) is 1. The molecule has 0 radical (unpaired) electrons. The largest absolute Gasteiger partial charge is 0.309 e. The van der Waals surface area contributed by atoms with Gasteiger partial charge in [-0.2, -0.15) is 0 Å². The highest BCUT2D eigenvalue weighted by Crippen LogP contribution is 2.42. The zero-order valence-corrected chi connectivity index (χ0v) is 19.1. The van der Waals surface area contributed by atoms with Gasteiger partial charge in [-0.3, -0.25) is 0 Å². The predicted octanol–water partition coefficient (Wildman–Crippen LogP) is 9.40. The summed E-state index contributed by atoms with van der Waals surface area (Å²) in [5.74, 6) is 0. The summed E-state index contributed by atoms with van der Waals surface area (Å²) in [6.45, 7) is 0. The second-order valence-corrected chi connectivity index (χ2v) is 9.36. The summed E-state index contributed by atoms with van der Waals surface area (Å²) in [7, 11) is 0. The van der Waals surface area contributed by atoms with Crippen LogP contribution >= 0.6 is 0 Å². The van der Waals surface area contributed by atoms with Gasteiger partial charge in [0.1, 0.15) is 0 Å². The van der Waals surface area contributed by atoms with Crippen molar-refractivity contribution in [2.24, 2.45) is 0 Å². The zero-order chi connectivity index (χ0) is 22.9. The molecule has 1 aromatic heterocycles. The number of hydrogen-bond acceptors (Lipinski definition) is 0. The van der Waals surface area contributed by atoms with Gasteiger partial charge in [0, 0.05) is 16.5 Å². The minimum atomic E-state index is 1.19. The zero-order valence-electron chi connectivity index (χ0n) is 19.1. The molecule has 7 aromatic carbocycles. The lowest BCUT2D eigenvalue weighted by Gasteiger charge is -2.14. The third kappa shape index (κ3) is 2.53. The molecule has 0 saturated heterocycles. The molecule has 1 heterocycles. The van der Waals surface area contributed by atoms with Gasteiger partial charge in [-0.1, -0.05) is 97.1 Å². The molecule has 0 aliphatic rings. The van der Waals surface area contributed by atoms with Gasteiger partial charge in [-0.25, -0.2) is 0 Å². The fourth-order valence-electron chi connectivity index (χ4n) is 6.04. The molecule has 0 atom stereocenters. The van der Waals surface area contributed by atoms with Crippen molar-refractivity contribution in [3.8, 4) is 5.69 Å². The smallest absolute Gasteiger partial charge is 0.0547 e. The molecule has 0 N–H and O–H groups in total. The van der Waals surface area contributed by atoms with E-state index in [9.17, 15) is 0 Å². The summed E-state index contributed by atoms with van der Waals surface area (Å²) in [5, 5.41) is 13.1. The monoisotopic (exact) mass is 443 g/mol. The lowest BCUT2D eigenvalue weighted by atomic mass is 9.90. The summed E-state index contributed by atoms with van der Waals surface area (Å²) >= 11 is 0. The van der Waals surface area contributed by atoms with Gasteiger partial charge < -0.3 is 4.57 Å². The maximum Gasteiger partial charge on any atom is 0.0547 e. The molecule has 1 nitrogen and oxygen atoms in total. The van der Waals surface area contributed by atoms with Crippen molar-refractivity contribution in [2.45, 2.75) is 0 Å². The van der Waals surface area contributed by atoms with E-state index in [4.69, 9.17) is 0 Å². The molecule has 0 unspecified atom stereocenters. The van der Waals surface area contributed by atoms with Crippen molar-refractivity contribution in [1.29, 1.82) is 0 Å². The molecule has 0 bridgehead atoms. The van der Waals surface area contributed by atoms with E-state index in [1.54, 1.807) is 0 Å². The highest BCUT2D eigenvalue weighted by molar-refractivity contribution is 6.33. The van der Waals surface area contributed by atoms with Crippen molar-refractivity contribution >= 4 is 64.9 Å². The molecule has 162 valence electrons. The van der Waals surface area contributed by atoms with Gasteiger partial charge in [0.05, 0.1) is 11.0 Å². The first-order chi connectivity index (χ1) is 17.4. The Bertz CT molecular complexity index is 2100. The Hall–Kier alpha value is -4.62. The van der Waals surface area contributed by atoms with Crippen molar-refractivity contribution in [2.75, 3.05) is 0 Å². The van der Waals surface area contributed by atoms with Crippen molar-refractivity contribution in [3.63, 3.8) is 0 Å². The van der Waals surface area contributed by atoms with Crippen LogP contribution in [0.15, 0.2) is 127 Å². The second-order valence-electron chi connectivity index (χ2n) is 9.36. The van der Waals surface area contributed by atoms with E-state index < -0.39 is 0 Å². The van der Waals surface area contributed by atoms with Crippen molar-refractivity contribution < 1.29 is 0 Å². The summed E-state index contributed by atoms with van der Waals surface area (Å²) in [4.78, 5) is 0. The average Bonchev–Trinajstić information content (AvgIpc) is 3.25. The van der Waals surface area contributed by atoms with Crippen LogP contribution in [0.3, 0.4) is 0 Å². The molecule has 0 saturated carbocycles. The number of fused-ring (bicyclic) bond motifs is 11. The van der Waals surface area contributed by atoms with Gasteiger partial charge in [-0.05, 0) is 73.4 Å². The van der Waals surface area contributed by atoms with Gasteiger partial charge in [-0.15, -0.1) is 0 Å². The second kappa shape index (κ2) is 6.94. The van der Waals surface area contributed by atoms with Crippen LogP contribution in [-0.4, -0.2) is 4.57 Å². The Balaban J connectivity index is 1.69. The molecule has 8 rings (SSSR count). The van der Waals surface area contributed by atoms with E-state index in [1.165, 1.54) is 70.6 Å². The van der Waals surface area contributed by atoms with E-state index in [0.717, 1.165) is 0 Å². The van der Waals surface area contributed by atoms with E-state index in [-0.39, 0.29) is 0 Å². The van der Waals surface area contributed by atoms with Crippen LogP contribution in [0.25, 0.3) is 70.6 Å². The van der Waals surface area contributed by atoms with E-state index in [1.807, 2.05) is 0 Å². The molecular formula is C34H21N. The Kier molecular flexibility index (Phi) is 3.72. The molecule has 0 fully saturated rings. The lowest BCUT2D eigenvalue weighted by Crippen LogP contribution is -1.93. The standard InChI is InChI=1S/C34H21N/c1-2-11-23(12-3-1)35-32-17-9-8-16-27(32)30-20-31-29(21-33(30)35)26-15-7-6-14-25(26)28-19-18-22-10-4-5-13-24(22)34(28)31/h1-21H. The van der Waals surface area contributed by atoms with Crippen LogP contribution in [0.5, 0.6) is 0 Å². The summed E-state index contributed by atoms with van der Waals surface area (Å²) in [6.07, 6.45) is 0. The fraction of sp³-hybridized carbons (Fsp3) is 0. The van der Waals surface area contributed by atoms with Crippen molar-refractivity contribution in [3.05, 3.63) is 127 Å². The first kappa shape index (κ1) is 18.8. The van der Waals surface area contributed by atoms with Gasteiger partial charge in [0.25, 0.3) is 0 Å². The average molecular weight is 444 g/mol. The third-order valence-electron chi connectivity index (χ3n) is 7.53. The molecule has 0 aliphatic carbocycles. The Morgan fingerprint density at radius 1 is 0.343 bits per heavy atom. The van der Waals surface area contributed by atoms with E-state index in [2.05, 4.69) is 132 Å². The molecule has 0 aliphatic heterocycles. The minimum absolute atomic E-state index is 1.19. The summed E-state index contributed by atoms with van der Waals surface area (Å²) in [5.41, 5.74) is 3.67. The van der Waals surface area contributed by atoms with E-state index in [0.29, 0.717) is 0 Å². The number of benzene rings is 7. The topological polar surface area (TPSA) is 4.93 Å². The third-order valence-corrected chi connectivity index (χ3v) is 7.53. The summed E-state index contributed by atoms with van der Waals surface area (Å²) in [6, 6.07) is 46.5. The van der Waals surface area contributed by atoms with Crippen molar-refractivity contribution in [1.82, 2.24) is 4.57 Å². The van der Waals surface area contributed by atoms with Crippen LogP contribution < -0.4 is 0 Å². The highest BCUT2D eigenvalue weighted by Gasteiger charge is 2.17. The highest BCUT2D eigenvalue weighted by atomic mass is 15.0. The number of hydrogen-bond donors (Lipinski definition) is 0. The van der Waals surface area contributed by atoms with E-state index >= 15 is 0 Å². The summed E-state index contributed by atoms with van der Waals surface area (Å²) < 4.78 is 2.41. The fourth-order valence-corrected chi connectivity index (χ4v) is 6.04. The molecular weight excluding hydrogens is 422 g/mol. The predicted molar refractivity (Wildman–Crippen MR) is 151 cm³/mol. The Morgan fingerprint density at radius 2 is 1.00 bits per heavy atom. The maximum atomic E-state index is 2.44. The number of aromatic nitrogens is 1. The first-order valence-corrected chi connectivity index (χ1v) is 12.1. The molecule has 0 amide bonds. The van der Waals surface area contributed by atoms with Crippen LogP contribution in [0.2, 0.25) is 0 Å². The van der Waals surface area contributed by atoms with Crippen LogP contribution in [0, 0.1) is 0 Å². The Morgan fingerprint density at radius 3 is 1.83 bits per heavy atom.